The number of sulfone groups is 1. The highest BCUT2D eigenvalue weighted by Gasteiger charge is 2.48. The van der Waals surface area contributed by atoms with Crippen LogP contribution in [0.15, 0.2) is 23.1 Å². The molecule has 10 heteroatoms. The van der Waals surface area contributed by atoms with E-state index in [9.17, 15) is 39.2 Å². The molecule has 0 heterocycles. The maximum Gasteiger partial charge on any atom is 0.502 e. The molecule has 0 fully saturated rings. The maximum atomic E-state index is 13.0. The Kier molecular flexibility index (Phi) is 3.36. The first kappa shape index (κ1) is 14.7. The van der Waals surface area contributed by atoms with Gasteiger partial charge in [0.15, 0.2) is 0 Å². The summed E-state index contributed by atoms with van der Waals surface area (Å²) in [6.45, 7) is 0. The lowest BCUT2D eigenvalue weighted by atomic mass is 10.2. The fourth-order valence-corrected chi connectivity index (χ4v) is 1.83. The molecule has 0 bridgehead atoms. The van der Waals surface area contributed by atoms with E-state index >= 15 is 0 Å². The van der Waals surface area contributed by atoms with Crippen LogP contribution in [0.1, 0.15) is 5.56 Å². The standard InChI is InChI=1S/C8H3F7O2S/c9-5-3-4(7(10,11)12)1-2-6(5)18(16,17)8(13,14)15/h1-3H. The molecular formula is C8H3F7O2S. The third kappa shape index (κ3) is 2.57. The topological polar surface area (TPSA) is 34.1 Å². The van der Waals surface area contributed by atoms with E-state index in [2.05, 4.69) is 0 Å². The second-order valence-corrected chi connectivity index (χ2v) is 5.00. The third-order valence-corrected chi connectivity index (χ3v) is 3.37. The van der Waals surface area contributed by atoms with Gasteiger partial charge in [0.2, 0.25) is 0 Å². The van der Waals surface area contributed by atoms with Crippen molar-refractivity contribution in [2.75, 3.05) is 0 Å². The molecule has 0 amide bonds. The Morgan fingerprint density at radius 2 is 1.44 bits per heavy atom. The molecule has 1 aromatic carbocycles. The van der Waals surface area contributed by atoms with Crippen LogP contribution in [0.4, 0.5) is 30.7 Å². The van der Waals surface area contributed by atoms with Gasteiger partial charge in [-0.3, -0.25) is 0 Å². The zero-order chi connectivity index (χ0) is 14.4. The first-order chi connectivity index (χ1) is 7.87. The van der Waals surface area contributed by atoms with Crippen molar-refractivity contribution < 1.29 is 39.2 Å². The average Bonchev–Trinajstić information content (AvgIpc) is 2.13. The number of hydrogen-bond donors (Lipinski definition) is 0. The lowest BCUT2D eigenvalue weighted by Crippen LogP contribution is -2.24. The molecule has 0 atom stereocenters. The van der Waals surface area contributed by atoms with E-state index in [4.69, 9.17) is 0 Å². The Morgan fingerprint density at radius 1 is 0.944 bits per heavy atom. The van der Waals surface area contributed by atoms with Gasteiger partial charge < -0.3 is 0 Å². The predicted octanol–water partition coefficient (Wildman–Crippen LogP) is 3.14. The molecule has 0 spiro atoms. The van der Waals surface area contributed by atoms with Crippen LogP contribution in [0.3, 0.4) is 0 Å². The number of hydrogen-bond acceptors (Lipinski definition) is 2. The first-order valence-electron chi connectivity index (χ1n) is 4.05. The zero-order valence-electron chi connectivity index (χ0n) is 8.10. The molecule has 1 aromatic rings. The molecule has 2 nitrogen and oxygen atoms in total. The molecule has 0 unspecified atom stereocenters. The van der Waals surface area contributed by atoms with Crippen LogP contribution < -0.4 is 0 Å². The van der Waals surface area contributed by atoms with Crippen molar-refractivity contribution in [1.82, 2.24) is 0 Å². The van der Waals surface area contributed by atoms with Crippen LogP contribution in [-0.2, 0) is 16.0 Å². The summed E-state index contributed by atoms with van der Waals surface area (Å²) in [5.41, 5.74) is -7.37. The van der Waals surface area contributed by atoms with Gasteiger partial charge in [-0.05, 0) is 18.2 Å². The highest BCUT2D eigenvalue weighted by molar-refractivity contribution is 7.92. The van der Waals surface area contributed by atoms with Gasteiger partial charge >= 0.3 is 11.7 Å². The molecule has 18 heavy (non-hydrogen) atoms. The molecule has 0 saturated heterocycles. The molecule has 102 valence electrons. The van der Waals surface area contributed by atoms with Gasteiger partial charge in [-0.2, -0.15) is 26.3 Å². The lowest BCUT2D eigenvalue weighted by Gasteiger charge is -2.11. The lowest BCUT2D eigenvalue weighted by molar-refractivity contribution is -0.137. The molecule has 1 rings (SSSR count). The summed E-state index contributed by atoms with van der Waals surface area (Å²) in [5.74, 6) is -2.11. The van der Waals surface area contributed by atoms with Gasteiger partial charge in [0.05, 0.1) is 5.56 Å². The second kappa shape index (κ2) is 4.11. The first-order valence-corrected chi connectivity index (χ1v) is 5.54. The van der Waals surface area contributed by atoms with Gasteiger partial charge in [0, 0.05) is 0 Å². The van der Waals surface area contributed by atoms with Crippen LogP contribution in [-0.4, -0.2) is 13.9 Å². The van der Waals surface area contributed by atoms with Crippen LogP contribution in [0.25, 0.3) is 0 Å². The van der Waals surface area contributed by atoms with Crippen molar-refractivity contribution in [3.8, 4) is 0 Å². The summed E-state index contributed by atoms with van der Waals surface area (Å²) >= 11 is 0. The van der Waals surface area contributed by atoms with Gasteiger partial charge in [0.1, 0.15) is 10.7 Å². The van der Waals surface area contributed by atoms with Crippen molar-refractivity contribution in [1.29, 1.82) is 0 Å². The molecule has 0 radical (unpaired) electrons. The molecule has 0 aromatic heterocycles. The van der Waals surface area contributed by atoms with E-state index in [-0.39, 0.29) is 18.2 Å². The Morgan fingerprint density at radius 3 is 1.78 bits per heavy atom. The van der Waals surface area contributed by atoms with Crippen LogP contribution in [0.2, 0.25) is 0 Å². The number of rotatable bonds is 1. The largest absolute Gasteiger partial charge is 0.502 e. The summed E-state index contributed by atoms with van der Waals surface area (Å²) in [6.07, 6.45) is -4.98. The van der Waals surface area contributed by atoms with E-state index in [1.165, 1.54) is 0 Å². The van der Waals surface area contributed by atoms with Crippen molar-refractivity contribution in [3.05, 3.63) is 29.6 Å². The smallest absolute Gasteiger partial charge is 0.214 e. The molecule has 0 N–H and O–H groups in total. The highest BCUT2D eigenvalue weighted by Crippen LogP contribution is 2.35. The Balaban J connectivity index is 3.41. The van der Waals surface area contributed by atoms with Crippen molar-refractivity contribution >= 4 is 9.84 Å². The van der Waals surface area contributed by atoms with Crippen LogP contribution >= 0.6 is 0 Å². The predicted molar refractivity (Wildman–Crippen MR) is 44.6 cm³/mol. The third-order valence-electron chi connectivity index (χ3n) is 1.85. The molecule has 0 aliphatic rings. The monoisotopic (exact) mass is 296 g/mol. The number of alkyl halides is 6. The Bertz CT molecular complexity index is 556. The normalized spacial score (nSPS) is 13.7. The van der Waals surface area contributed by atoms with Gasteiger partial charge in [0.25, 0.3) is 9.84 Å². The summed E-state index contributed by atoms with van der Waals surface area (Å²) < 4.78 is 107. The van der Waals surface area contributed by atoms with Gasteiger partial charge in [-0.1, -0.05) is 0 Å². The van der Waals surface area contributed by atoms with Crippen molar-refractivity contribution in [2.24, 2.45) is 0 Å². The SMILES string of the molecule is O=S(=O)(c1ccc(C(F)(F)F)cc1F)C(F)(F)F. The van der Waals surface area contributed by atoms with E-state index in [1.54, 1.807) is 0 Å². The van der Waals surface area contributed by atoms with Crippen LogP contribution in [0, 0.1) is 5.82 Å². The number of benzene rings is 1. The summed E-state index contributed by atoms with van der Waals surface area (Å²) in [6, 6.07) is -0.318. The number of halogens is 7. The molecule has 0 aliphatic heterocycles. The van der Waals surface area contributed by atoms with Gasteiger partial charge in [-0.15, -0.1) is 0 Å². The fraction of sp³-hybridized carbons (Fsp3) is 0.250. The Hall–Kier alpha value is -1.32. The summed E-state index contributed by atoms with van der Waals surface area (Å²) in [4.78, 5) is -1.84. The van der Waals surface area contributed by atoms with E-state index < -0.39 is 37.8 Å². The van der Waals surface area contributed by atoms with E-state index in [0.29, 0.717) is 0 Å². The minimum Gasteiger partial charge on any atom is -0.214 e. The minimum atomic E-state index is -6.01. The van der Waals surface area contributed by atoms with Crippen molar-refractivity contribution in [2.45, 2.75) is 16.6 Å². The Labute approximate surface area is 95.9 Å². The molecule has 0 aliphatic carbocycles. The average molecular weight is 296 g/mol. The highest BCUT2D eigenvalue weighted by atomic mass is 32.2. The minimum absolute atomic E-state index is 0.0572. The van der Waals surface area contributed by atoms with E-state index in [0.717, 1.165) is 0 Å². The summed E-state index contributed by atoms with van der Waals surface area (Å²) in [7, 11) is -6.01. The second-order valence-electron chi connectivity index (χ2n) is 3.09. The molecular weight excluding hydrogens is 293 g/mol. The molecule has 0 saturated carbocycles. The quantitative estimate of drug-likeness (QED) is 0.746. The zero-order valence-corrected chi connectivity index (χ0v) is 8.92. The maximum absolute atomic E-state index is 13.0. The van der Waals surface area contributed by atoms with Gasteiger partial charge in [-0.25, -0.2) is 12.8 Å². The fourth-order valence-electron chi connectivity index (χ4n) is 1.02. The van der Waals surface area contributed by atoms with Crippen molar-refractivity contribution in [3.63, 3.8) is 0 Å². The summed E-state index contributed by atoms with van der Waals surface area (Å²) in [5, 5.41) is 0. The van der Waals surface area contributed by atoms with E-state index in [1.807, 2.05) is 0 Å². The van der Waals surface area contributed by atoms with Crippen LogP contribution in [0.5, 0.6) is 0 Å².